The van der Waals surface area contributed by atoms with E-state index < -0.39 is 0 Å². The number of aromatic nitrogens is 1. The van der Waals surface area contributed by atoms with E-state index in [0.29, 0.717) is 18.2 Å². The van der Waals surface area contributed by atoms with Crippen molar-refractivity contribution in [2.24, 2.45) is 5.92 Å². The fourth-order valence-electron chi connectivity index (χ4n) is 4.38. The molecule has 1 amide bonds. The molecule has 2 aromatic heterocycles. The van der Waals surface area contributed by atoms with E-state index in [1.165, 1.54) is 11.3 Å². The van der Waals surface area contributed by atoms with Crippen molar-refractivity contribution in [2.45, 2.75) is 25.7 Å². The molecule has 1 atom stereocenters. The number of anilines is 1. The number of carbonyl (C=O) groups excluding carboxylic acids is 1. The normalized spacial score (nSPS) is 20.8. The number of hydrogen-bond donors (Lipinski definition) is 0. The molecular formula is C22H29ClN4OS. The van der Waals surface area contributed by atoms with E-state index in [9.17, 15) is 4.79 Å². The van der Waals surface area contributed by atoms with Gasteiger partial charge in [0.15, 0.2) is 0 Å². The van der Waals surface area contributed by atoms with E-state index in [0.717, 1.165) is 68.8 Å². The summed E-state index contributed by atoms with van der Waals surface area (Å²) in [6.07, 6.45) is 5.60. The van der Waals surface area contributed by atoms with Crippen LogP contribution >= 0.6 is 22.9 Å². The SMILES string of the molecule is O=C(CCc1ccc(Cl)s1)N1CCCC(CN2CCN(c3ccccn3)CC2)C1. The van der Waals surface area contributed by atoms with Crippen LogP contribution in [0.1, 0.15) is 24.1 Å². The van der Waals surface area contributed by atoms with Crippen molar-refractivity contribution >= 4 is 34.7 Å². The molecule has 0 radical (unpaired) electrons. The van der Waals surface area contributed by atoms with E-state index in [4.69, 9.17) is 11.6 Å². The van der Waals surface area contributed by atoms with Crippen LogP contribution in [-0.2, 0) is 11.2 Å². The third kappa shape index (κ3) is 5.71. The van der Waals surface area contributed by atoms with Gasteiger partial charge in [-0.2, -0.15) is 0 Å². The Balaban J connectivity index is 1.21. The number of piperidine rings is 1. The number of likely N-dealkylation sites (tertiary alicyclic amines) is 1. The molecule has 29 heavy (non-hydrogen) atoms. The topological polar surface area (TPSA) is 39.7 Å². The van der Waals surface area contributed by atoms with Crippen molar-refractivity contribution in [3.8, 4) is 0 Å². The number of pyridine rings is 1. The van der Waals surface area contributed by atoms with E-state index >= 15 is 0 Å². The maximum absolute atomic E-state index is 12.7. The molecule has 2 aromatic rings. The second-order valence-electron chi connectivity index (χ2n) is 8.03. The fourth-order valence-corrected chi connectivity index (χ4v) is 5.47. The minimum atomic E-state index is 0.291. The molecule has 2 saturated heterocycles. The van der Waals surface area contributed by atoms with Gasteiger partial charge in [0.1, 0.15) is 5.82 Å². The molecule has 2 fully saturated rings. The molecular weight excluding hydrogens is 404 g/mol. The molecule has 0 bridgehead atoms. The van der Waals surface area contributed by atoms with Crippen LogP contribution in [-0.4, -0.2) is 66.5 Å². The Labute approximate surface area is 182 Å². The Kier molecular flexibility index (Phi) is 7.06. The van der Waals surface area contributed by atoms with Crippen molar-refractivity contribution in [2.75, 3.05) is 50.7 Å². The lowest BCUT2D eigenvalue weighted by atomic mass is 9.96. The molecule has 2 aliphatic rings. The van der Waals surface area contributed by atoms with E-state index in [1.807, 2.05) is 24.4 Å². The minimum absolute atomic E-state index is 0.291. The van der Waals surface area contributed by atoms with E-state index in [1.54, 1.807) is 11.3 Å². The molecule has 0 spiro atoms. The highest BCUT2D eigenvalue weighted by Crippen LogP contribution is 2.24. The van der Waals surface area contributed by atoms with E-state index in [2.05, 4.69) is 31.8 Å². The molecule has 4 heterocycles. The molecule has 7 heteroatoms. The van der Waals surface area contributed by atoms with Crippen LogP contribution in [0.25, 0.3) is 0 Å². The van der Waals surface area contributed by atoms with Gasteiger partial charge in [-0.05, 0) is 49.4 Å². The number of amides is 1. The average molecular weight is 433 g/mol. The summed E-state index contributed by atoms with van der Waals surface area (Å²) < 4.78 is 0.800. The molecule has 0 aromatic carbocycles. The summed E-state index contributed by atoms with van der Waals surface area (Å²) in [5, 5.41) is 0. The highest BCUT2D eigenvalue weighted by Gasteiger charge is 2.26. The first kappa shape index (κ1) is 20.6. The first-order chi connectivity index (χ1) is 14.2. The van der Waals surface area contributed by atoms with Gasteiger partial charge < -0.3 is 9.80 Å². The van der Waals surface area contributed by atoms with Crippen molar-refractivity contribution in [3.63, 3.8) is 0 Å². The number of aryl methyl sites for hydroxylation is 1. The Morgan fingerprint density at radius 1 is 1.14 bits per heavy atom. The molecule has 2 aliphatic heterocycles. The second-order valence-corrected chi connectivity index (χ2v) is 9.83. The predicted octanol–water partition coefficient (Wildman–Crippen LogP) is 3.79. The van der Waals surface area contributed by atoms with Crippen molar-refractivity contribution < 1.29 is 4.79 Å². The molecule has 4 rings (SSSR count). The van der Waals surface area contributed by atoms with Gasteiger partial charge in [0.2, 0.25) is 5.91 Å². The quantitative estimate of drug-likeness (QED) is 0.696. The molecule has 0 saturated carbocycles. The summed E-state index contributed by atoms with van der Waals surface area (Å²) >= 11 is 7.57. The summed E-state index contributed by atoms with van der Waals surface area (Å²) in [5.74, 6) is 1.96. The van der Waals surface area contributed by atoms with Crippen LogP contribution in [0.2, 0.25) is 4.34 Å². The van der Waals surface area contributed by atoms with E-state index in [-0.39, 0.29) is 0 Å². The molecule has 5 nitrogen and oxygen atoms in total. The second kappa shape index (κ2) is 9.92. The zero-order chi connectivity index (χ0) is 20.1. The largest absolute Gasteiger partial charge is 0.354 e. The summed E-state index contributed by atoms with van der Waals surface area (Å²) in [5.41, 5.74) is 0. The van der Waals surface area contributed by atoms with Crippen LogP contribution < -0.4 is 4.90 Å². The van der Waals surface area contributed by atoms with Crippen molar-refractivity contribution in [3.05, 3.63) is 45.7 Å². The maximum Gasteiger partial charge on any atom is 0.222 e. The molecule has 156 valence electrons. The summed E-state index contributed by atoms with van der Waals surface area (Å²) in [7, 11) is 0. The van der Waals surface area contributed by atoms with Crippen LogP contribution in [0.4, 0.5) is 5.82 Å². The third-order valence-corrected chi connectivity index (χ3v) is 7.24. The van der Waals surface area contributed by atoms with Crippen LogP contribution in [0.15, 0.2) is 36.5 Å². The van der Waals surface area contributed by atoms with Gasteiger partial charge in [0, 0.05) is 63.3 Å². The zero-order valence-electron chi connectivity index (χ0n) is 16.8. The number of nitrogens with zero attached hydrogens (tertiary/aromatic N) is 4. The Hall–Kier alpha value is -1.63. The predicted molar refractivity (Wildman–Crippen MR) is 120 cm³/mol. The monoisotopic (exact) mass is 432 g/mol. The van der Waals surface area contributed by atoms with Gasteiger partial charge in [-0.3, -0.25) is 9.69 Å². The molecule has 0 aliphatic carbocycles. The highest BCUT2D eigenvalue weighted by molar-refractivity contribution is 7.16. The van der Waals surface area contributed by atoms with Gasteiger partial charge in [-0.1, -0.05) is 17.7 Å². The minimum Gasteiger partial charge on any atom is -0.354 e. The third-order valence-electron chi connectivity index (χ3n) is 5.95. The lowest BCUT2D eigenvalue weighted by Gasteiger charge is -2.39. The zero-order valence-corrected chi connectivity index (χ0v) is 18.4. The van der Waals surface area contributed by atoms with Crippen molar-refractivity contribution in [1.82, 2.24) is 14.8 Å². The van der Waals surface area contributed by atoms with Crippen LogP contribution in [0.5, 0.6) is 0 Å². The number of hydrogen-bond acceptors (Lipinski definition) is 5. The lowest BCUT2D eigenvalue weighted by molar-refractivity contribution is -0.133. The number of piperazine rings is 1. The van der Waals surface area contributed by atoms with Gasteiger partial charge in [0.05, 0.1) is 4.34 Å². The number of carbonyl (C=O) groups is 1. The standard InChI is InChI=1S/C22H29ClN4OS/c23-20-8-6-19(29-20)7-9-22(28)27-11-3-4-18(17-27)16-25-12-14-26(15-13-25)21-5-1-2-10-24-21/h1-2,5-6,8,10,18H,3-4,7,9,11-17H2. The van der Waals surface area contributed by atoms with Gasteiger partial charge in [-0.15, -0.1) is 11.3 Å². The summed E-state index contributed by atoms with van der Waals surface area (Å²) in [4.78, 5) is 25.4. The summed E-state index contributed by atoms with van der Waals surface area (Å²) in [6.45, 7) is 7.10. The summed E-state index contributed by atoms with van der Waals surface area (Å²) in [6, 6.07) is 10.0. The maximum atomic E-state index is 12.7. The van der Waals surface area contributed by atoms with Gasteiger partial charge in [0.25, 0.3) is 0 Å². The number of halogens is 1. The van der Waals surface area contributed by atoms with Gasteiger partial charge in [-0.25, -0.2) is 4.98 Å². The Bertz CT molecular complexity index is 791. The first-order valence-corrected chi connectivity index (χ1v) is 11.8. The molecule has 1 unspecified atom stereocenters. The number of rotatable bonds is 6. The fraction of sp³-hybridized carbons (Fsp3) is 0.545. The van der Waals surface area contributed by atoms with Gasteiger partial charge >= 0.3 is 0 Å². The highest BCUT2D eigenvalue weighted by atomic mass is 35.5. The number of thiophene rings is 1. The van der Waals surface area contributed by atoms with Crippen LogP contribution in [0.3, 0.4) is 0 Å². The lowest BCUT2D eigenvalue weighted by Crippen LogP contribution is -2.50. The Morgan fingerprint density at radius 3 is 2.72 bits per heavy atom. The first-order valence-electron chi connectivity index (χ1n) is 10.6. The smallest absolute Gasteiger partial charge is 0.222 e. The average Bonchev–Trinajstić information content (AvgIpc) is 3.18. The Morgan fingerprint density at radius 2 is 2.00 bits per heavy atom. The van der Waals surface area contributed by atoms with Crippen LogP contribution in [0, 0.1) is 5.92 Å². The molecule has 0 N–H and O–H groups in total. The van der Waals surface area contributed by atoms with Crippen molar-refractivity contribution in [1.29, 1.82) is 0 Å².